The van der Waals surface area contributed by atoms with Crippen LogP contribution in [0.5, 0.6) is 5.75 Å². The van der Waals surface area contributed by atoms with E-state index in [0.29, 0.717) is 35.5 Å². The van der Waals surface area contributed by atoms with Gasteiger partial charge in [-0.15, -0.1) is 0 Å². The van der Waals surface area contributed by atoms with Gasteiger partial charge < -0.3 is 36.9 Å². The predicted octanol–water partition coefficient (Wildman–Crippen LogP) is 0.292. The van der Waals surface area contributed by atoms with E-state index in [0.717, 1.165) is 0 Å². The lowest BCUT2D eigenvalue weighted by atomic mass is 10.0. The number of rotatable bonds is 11. The average molecular weight is 403 g/mol. The number of phenolic OH excluding ortho intramolecular Hbond substituents is 1. The minimum atomic E-state index is -1.02. The molecule has 0 aliphatic rings. The summed E-state index contributed by atoms with van der Waals surface area (Å²) in [4.78, 5) is 10.3. The van der Waals surface area contributed by atoms with Gasteiger partial charge in [0.1, 0.15) is 18.2 Å². The van der Waals surface area contributed by atoms with Gasteiger partial charge in [0.05, 0.1) is 32.6 Å². The van der Waals surface area contributed by atoms with E-state index in [1.165, 1.54) is 6.07 Å². The first-order valence-corrected chi connectivity index (χ1v) is 8.79. The van der Waals surface area contributed by atoms with E-state index in [2.05, 4.69) is 5.10 Å². The van der Waals surface area contributed by atoms with Crippen LogP contribution in [0.15, 0.2) is 48.6 Å². The minimum Gasteiger partial charge on any atom is -0.507 e. The molecule has 10 nitrogen and oxygen atoms in total. The summed E-state index contributed by atoms with van der Waals surface area (Å²) in [6.45, 7) is 0.963. The minimum absolute atomic E-state index is 0.0522. The fourth-order valence-electron chi connectivity index (χ4n) is 2.45. The molecule has 0 radical (unpaired) electrons. The monoisotopic (exact) mass is 403 g/mol. The van der Waals surface area contributed by atoms with Gasteiger partial charge >= 0.3 is 5.97 Å². The van der Waals surface area contributed by atoms with Crippen LogP contribution in [0.2, 0.25) is 0 Å². The maximum absolute atomic E-state index is 10.3. The van der Waals surface area contributed by atoms with Gasteiger partial charge in [-0.1, -0.05) is 12.1 Å². The Labute approximate surface area is 167 Å². The lowest BCUT2D eigenvalue weighted by Gasteiger charge is -2.07. The van der Waals surface area contributed by atoms with Crippen LogP contribution in [0.1, 0.15) is 11.1 Å². The number of carbonyl (C=O) groups is 1. The van der Waals surface area contributed by atoms with Gasteiger partial charge in [0.15, 0.2) is 0 Å². The van der Waals surface area contributed by atoms with Crippen LogP contribution in [0, 0.1) is 0 Å². The van der Waals surface area contributed by atoms with Crippen molar-refractivity contribution in [3.8, 4) is 5.75 Å². The van der Waals surface area contributed by atoms with Crippen molar-refractivity contribution in [1.29, 1.82) is 0 Å². The SMILES string of the molecule is NC(N)=C(/C=C(\N)c1ccccc1O)c1cnn(CCOCCOCC(=O)O)c1. The van der Waals surface area contributed by atoms with Crippen molar-refractivity contribution in [2.45, 2.75) is 6.54 Å². The van der Waals surface area contributed by atoms with Crippen molar-refractivity contribution in [2.24, 2.45) is 17.2 Å². The lowest BCUT2D eigenvalue weighted by molar-refractivity contribution is -0.142. The molecule has 2 rings (SSSR count). The van der Waals surface area contributed by atoms with E-state index >= 15 is 0 Å². The van der Waals surface area contributed by atoms with Crippen molar-refractivity contribution in [3.05, 3.63) is 59.7 Å². The van der Waals surface area contributed by atoms with E-state index in [1.807, 2.05) is 0 Å². The van der Waals surface area contributed by atoms with Crippen LogP contribution >= 0.6 is 0 Å². The molecule has 0 saturated heterocycles. The smallest absolute Gasteiger partial charge is 0.329 e. The molecule has 10 heteroatoms. The summed E-state index contributed by atoms with van der Waals surface area (Å²) < 4.78 is 11.9. The van der Waals surface area contributed by atoms with E-state index in [9.17, 15) is 9.90 Å². The summed E-state index contributed by atoms with van der Waals surface area (Å²) >= 11 is 0. The van der Waals surface area contributed by atoms with Gasteiger partial charge in [-0.25, -0.2) is 4.79 Å². The molecule has 0 aliphatic heterocycles. The Morgan fingerprint density at radius 3 is 2.55 bits per heavy atom. The zero-order valence-electron chi connectivity index (χ0n) is 15.8. The van der Waals surface area contributed by atoms with E-state index in [-0.39, 0.29) is 31.4 Å². The van der Waals surface area contributed by atoms with Crippen LogP contribution in [-0.4, -0.2) is 52.4 Å². The Balaban J connectivity index is 1.96. The van der Waals surface area contributed by atoms with Gasteiger partial charge in [-0.2, -0.15) is 5.10 Å². The highest BCUT2D eigenvalue weighted by molar-refractivity contribution is 5.84. The summed E-state index contributed by atoms with van der Waals surface area (Å²) in [6, 6.07) is 6.68. The number of aromatic hydroxyl groups is 1. The summed E-state index contributed by atoms with van der Waals surface area (Å²) in [5, 5.41) is 22.6. The molecule has 156 valence electrons. The number of para-hydroxylation sites is 1. The molecule has 0 unspecified atom stereocenters. The number of nitrogens with two attached hydrogens (primary N) is 3. The Morgan fingerprint density at radius 1 is 1.14 bits per heavy atom. The number of allylic oxidation sites excluding steroid dienone is 2. The Hall–Kier alpha value is -3.50. The van der Waals surface area contributed by atoms with Crippen LogP contribution in [-0.2, 0) is 20.8 Å². The molecule has 2 aromatic rings. The number of aromatic nitrogens is 2. The average Bonchev–Trinajstić information content (AvgIpc) is 3.13. The number of nitrogens with zero attached hydrogens (tertiary/aromatic N) is 2. The van der Waals surface area contributed by atoms with Crippen LogP contribution in [0.4, 0.5) is 0 Å². The number of carboxylic acids is 1. The number of hydrogen-bond acceptors (Lipinski definition) is 8. The molecule has 0 bridgehead atoms. The van der Waals surface area contributed by atoms with Gasteiger partial charge in [-0.05, 0) is 18.2 Å². The van der Waals surface area contributed by atoms with Crippen molar-refractivity contribution in [2.75, 3.05) is 26.4 Å². The zero-order valence-corrected chi connectivity index (χ0v) is 15.8. The number of carboxylic acid groups (broad SMARTS) is 1. The Kier molecular flexibility index (Phi) is 8.07. The molecule has 1 aromatic heterocycles. The number of phenols is 1. The quantitative estimate of drug-likeness (QED) is 0.261. The largest absolute Gasteiger partial charge is 0.507 e. The molecule has 0 saturated carbocycles. The first-order valence-electron chi connectivity index (χ1n) is 8.79. The van der Waals surface area contributed by atoms with Crippen molar-refractivity contribution >= 4 is 17.2 Å². The normalized spacial score (nSPS) is 11.4. The summed E-state index contributed by atoms with van der Waals surface area (Å²) in [7, 11) is 0. The van der Waals surface area contributed by atoms with Crippen LogP contribution in [0.25, 0.3) is 11.3 Å². The standard InChI is InChI=1S/C19H25N5O5/c20-16(14-3-1-2-4-17(14)25)9-15(19(21)22)13-10-23-24(11-13)5-6-28-7-8-29-12-18(26)27/h1-4,9-11,25H,5-8,12,20-22H2,(H,26,27)/b16-9-. The lowest BCUT2D eigenvalue weighted by Crippen LogP contribution is -2.13. The topological polar surface area (TPSA) is 172 Å². The number of benzene rings is 1. The summed E-state index contributed by atoms with van der Waals surface area (Å²) in [6.07, 6.45) is 4.93. The highest BCUT2D eigenvalue weighted by atomic mass is 16.5. The molecule has 0 spiro atoms. The predicted molar refractivity (Wildman–Crippen MR) is 107 cm³/mol. The zero-order chi connectivity index (χ0) is 21.2. The number of aliphatic carboxylic acids is 1. The molecule has 0 fully saturated rings. The van der Waals surface area contributed by atoms with Crippen LogP contribution in [0.3, 0.4) is 0 Å². The highest BCUT2D eigenvalue weighted by Gasteiger charge is 2.10. The third-order valence-electron chi connectivity index (χ3n) is 3.83. The maximum atomic E-state index is 10.3. The van der Waals surface area contributed by atoms with Gasteiger partial charge in [0.2, 0.25) is 0 Å². The second-order valence-electron chi connectivity index (χ2n) is 6.04. The fraction of sp³-hybridized carbons (Fsp3) is 0.263. The molecule has 0 amide bonds. The van der Waals surface area contributed by atoms with Gasteiger partial charge in [-0.3, -0.25) is 4.68 Å². The van der Waals surface area contributed by atoms with Crippen molar-refractivity contribution in [3.63, 3.8) is 0 Å². The molecular weight excluding hydrogens is 378 g/mol. The van der Waals surface area contributed by atoms with Crippen LogP contribution < -0.4 is 17.2 Å². The second-order valence-corrected chi connectivity index (χ2v) is 6.04. The van der Waals surface area contributed by atoms with Crippen molar-refractivity contribution < 1.29 is 24.5 Å². The highest BCUT2D eigenvalue weighted by Crippen LogP contribution is 2.25. The fourth-order valence-corrected chi connectivity index (χ4v) is 2.45. The first-order chi connectivity index (χ1) is 13.9. The molecule has 0 atom stereocenters. The second kappa shape index (κ2) is 10.7. The molecule has 29 heavy (non-hydrogen) atoms. The van der Waals surface area contributed by atoms with Crippen molar-refractivity contribution in [1.82, 2.24) is 9.78 Å². The first kappa shape index (κ1) is 21.8. The van der Waals surface area contributed by atoms with Gasteiger partial charge in [0.25, 0.3) is 0 Å². The van der Waals surface area contributed by atoms with E-state index in [4.69, 9.17) is 31.8 Å². The molecule has 1 heterocycles. The number of hydrogen-bond donors (Lipinski definition) is 5. The Bertz CT molecular complexity index is 887. The molecule has 0 aliphatic carbocycles. The summed E-state index contributed by atoms with van der Waals surface area (Å²) in [5.74, 6) is -0.902. The number of ether oxygens (including phenoxy) is 2. The third kappa shape index (κ3) is 6.87. The molecular formula is C19H25N5O5. The summed E-state index contributed by atoms with van der Waals surface area (Å²) in [5.41, 5.74) is 19.6. The molecule has 1 aromatic carbocycles. The Morgan fingerprint density at radius 2 is 1.86 bits per heavy atom. The third-order valence-corrected chi connectivity index (χ3v) is 3.83. The molecule has 8 N–H and O–H groups in total. The van der Waals surface area contributed by atoms with E-state index in [1.54, 1.807) is 41.4 Å². The van der Waals surface area contributed by atoms with E-state index < -0.39 is 5.97 Å². The van der Waals surface area contributed by atoms with Gasteiger partial charge in [0, 0.05) is 28.6 Å². The maximum Gasteiger partial charge on any atom is 0.329 e.